The zero-order valence-electron chi connectivity index (χ0n) is 20.3. The van der Waals surface area contributed by atoms with Crippen LogP contribution in [0.15, 0.2) is 36.7 Å². The van der Waals surface area contributed by atoms with Crippen LogP contribution in [0, 0.1) is 5.92 Å². The van der Waals surface area contributed by atoms with Crippen LogP contribution in [0.5, 0.6) is 0 Å². The van der Waals surface area contributed by atoms with Gasteiger partial charge in [0.05, 0.1) is 41.6 Å². The van der Waals surface area contributed by atoms with Crippen LogP contribution >= 0.6 is 22.9 Å². The Balaban J connectivity index is 1.48. The highest BCUT2D eigenvalue weighted by molar-refractivity contribution is 7.17. The van der Waals surface area contributed by atoms with Gasteiger partial charge in [-0.1, -0.05) is 42.9 Å². The monoisotopic (exact) mass is 524 g/mol. The molecule has 0 aromatic carbocycles. The molecule has 0 unspecified atom stereocenters. The van der Waals surface area contributed by atoms with Crippen molar-refractivity contribution in [1.82, 2.24) is 29.8 Å². The number of carbonyl (C=O) groups excluding carboxylic acids is 1. The Kier molecular flexibility index (Phi) is 7.32. The van der Waals surface area contributed by atoms with Crippen molar-refractivity contribution < 1.29 is 9.90 Å². The second-order valence-electron chi connectivity index (χ2n) is 9.69. The van der Waals surface area contributed by atoms with Crippen molar-refractivity contribution in [3.8, 4) is 11.4 Å². The second kappa shape index (κ2) is 10.6. The third-order valence-corrected chi connectivity index (χ3v) is 7.60. The van der Waals surface area contributed by atoms with Gasteiger partial charge < -0.3 is 15.0 Å². The number of aliphatic hydroxyl groups is 1. The molecule has 10 heteroatoms. The quantitative estimate of drug-likeness (QED) is 0.344. The third kappa shape index (κ3) is 5.28. The summed E-state index contributed by atoms with van der Waals surface area (Å²) in [4.78, 5) is 31.0. The molecule has 1 fully saturated rings. The van der Waals surface area contributed by atoms with Gasteiger partial charge in [-0.05, 0) is 49.8 Å². The van der Waals surface area contributed by atoms with Gasteiger partial charge >= 0.3 is 0 Å². The minimum absolute atomic E-state index is 0.0486. The Hall–Kier alpha value is -2.88. The number of pyridine rings is 2. The second-order valence-corrected chi connectivity index (χ2v) is 11.3. The number of hydrogen-bond acceptors (Lipinski definition) is 7. The third-order valence-electron chi connectivity index (χ3n) is 6.49. The van der Waals surface area contributed by atoms with E-state index in [0.29, 0.717) is 21.0 Å². The van der Waals surface area contributed by atoms with Gasteiger partial charge in [-0.2, -0.15) is 0 Å². The number of nitrogens with one attached hydrogen (secondary N) is 1. The van der Waals surface area contributed by atoms with E-state index in [1.165, 1.54) is 17.5 Å². The summed E-state index contributed by atoms with van der Waals surface area (Å²) in [5, 5.41) is 13.1. The lowest BCUT2D eigenvalue weighted by atomic mass is 9.90. The fraction of sp³-hybridized carbons (Fsp3) is 0.423. The van der Waals surface area contributed by atoms with Crippen LogP contribution < -0.4 is 5.32 Å². The summed E-state index contributed by atoms with van der Waals surface area (Å²) >= 11 is 7.16. The Morgan fingerprint density at radius 2 is 2.08 bits per heavy atom. The molecule has 1 aliphatic carbocycles. The summed E-state index contributed by atoms with van der Waals surface area (Å²) in [5.41, 5.74) is 3.96. The van der Waals surface area contributed by atoms with Gasteiger partial charge in [0.15, 0.2) is 5.01 Å². The molecular formula is C26H29ClN6O2S. The van der Waals surface area contributed by atoms with Crippen molar-refractivity contribution in [3.63, 3.8) is 0 Å². The van der Waals surface area contributed by atoms with Crippen LogP contribution in [0.2, 0.25) is 4.34 Å². The Morgan fingerprint density at radius 1 is 1.22 bits per heavy atom. The van der Waals surface area contributed by atoms with Crippen LogP contribution in [0.1, 0.15) is 66.9 Å². The molecule has 1 aliphatic rings. The highest BCUT2D eigenvalue weighted by Crippen LogP contribution is 2.34. The van der Waals surface area contributed by atoms with Crippen molar-refractivity contribution in [2.24, 2.45) is 5.92 Å². The van der Waals surface area contributed by atoms with Gasteiger partial charge in [-0.15, -0.1) is 0 Å². The van der Waals surface area contributed by atoms with Crippen LogP contribution in [0.3, 0.4) is 0 Å². The maximum atomic E-state index is 12.7. The maximum Gasteiger partial charge on any atom is 0.280 e. The molecule has 188 valence electrons. The molecule has 2 N–H and O–H groups in total. The topological polar surface area (TPSA) is 106 Å². The van der Waals surface area contributed by atoms with E-state index in [1.54, 1.807) is 6.07 Å². The average Bonchev–Trinajstić information content (AvgIpc) is 3.46. The van der Waals surface area contributed by atoms with Crippen LogP contribution in [-0.2, 0) is 13.0 Å². The summed E-state index contributed by atoms with van der Waals surface area (Å²) in [6, 6.07) is 7.88. The van der Waals surface area contributed by atoms with Crippen molar-refractivity contribution >= 4 is 39.9 Å². The molecular weight excluding hydrogens is 496 g/mol. The van der Waals surface area contributed by atoms with E-state index in [9.17, 15) is 9.90 Å². The van der Waals surface area contributed by atoms with Crippen LogP contribution in [0.25, 0.3) is 22.4 Å². The van der Waals surface area contributed by atoms with Gasteiger partial charge in [-0.3, -0.25) is 9.78 Å². The van der Waals surface area contributed by atoms with E-state index in [2.05, 4.69) is 44.7 Å². The van der Waals surface area contributed by atoms with Gasteiger partial charge in [-0.25, -0.2) is 15.0 Å². The minimum Gasteiger partial charge on any atom is -0.390 e. The highest BCUT2D eigenvalue weighted by atomic mass is 35.5. The zero-order valence-corrected chi connectivity index (χ0v) is 21.9. The zero-order chi connectivity index (χ0) is 25.2. The predicted molar refractivity (Wildman–Crippen MR) is 141 cm³/mol. The first-order valence-corrected chi connectivity index (χ1v) is 13.5. The summed E-state index contributed by atoms with van der Waals surface area (Å²) in [6.45, 7) is 4.27. The number of imidazole rings is 1. The molecule has 0 spiro atoms. The summed E-state index contributed by atoms with van der Waals surface area (Å²) in [6.07, 6.45) is 7.95. The van der Waals surface area contributed by atoms with Gasteiger partial charge in [0.25, 0.3) is 5.91 Å². The first-order chi connectivity index (χ1) is 17.4. The number of rotatable bonds is 7. The minimum atomic E-state index is -0.170. The Morgan fingerprint density at radius 3 is 2.83 bits per heavy atom. The lowest BCUT2D eigenvalue weighted by Crippen LogP contribution is -2.39. The molecule has 0 aliphatic heterocycles. The first-order valence-electron chi connectivity index (χ1n) is 12.3. The van der Waals surface area contributed by atoms with E-state index in [-0.39, 0.29) is 24.6 Å². The van der Waals surface area contributed by atoms with E-state index in [0.717, 1.165) is 60.3 Å². The predicted octanol–water partition coefficient (Wildman–Crippen LogP) is 5.21. The van der Waals surface area contributed by atoms with Crippen molar-refractivity contribution in [3.05, 3.63) is 57.5 Å². The number of amides is 1. The molecule has 5 rings (SSSR count). The fourth-order valence-corrected chi connectivity index (χ4v) is 5.77. The SMILES string of the molecule is CC(C)Cc1nc2cnc(-c3cccc(CO)n3)cc2n1[C@@H]1CCC[C@H](NC(=O)c2ncc(Cl)s2)C1. The van der Waals surface area contributed by atoms with Gasteiger partial charge in [0.1, 0.15) is 15.7 Å². The molecule has 0 bridgehead atoms. The molecule has 4 aromatic heterocycles. The van der Waals surface area contributed by atoms with E-state index >= 15 is 0 Å². The van der Waals surface area contributed by atoms with Gasteiger partial charge in [0.2, 0.25) is 0 Å². The summed E-state index contributed by atoms with van der Waals surface area (Å²) in [5.74, 6) is 1.32. The number of fused-ring (bicyclic) bond motifs is 1. The molecule has 1 saturated carbocycles. The number of hydrogen-bond donors (Lipinski definition) is 2. The molecule has 4 heterocycles. The number of nitrogens with zero attached hydrogens (tertiary/aromatic N) is 5. The molecule has 0 radical (unpaired) electrons. The average molecular weight is 525 g/mol. The highest BCUT2D eigenvalue weighted by Gasteiger charge is 2.29. The van der Waals surface area contributed by atoms with Crippen molar-refractivity contribution in [2.75, 3.05) is 0 Å². The van der Waals surface area contributed by atoms with Crippen LogP contribution in [0.4, 0.5) is 0 Å². The lowest BCUT2D eigenvalue weighted by Gasteiger charge is -2.32. The van der Waals surface area contributed by atoms with Crippen molar-refractivity contribution in [1.29, 1.82) is 0 Å². The van der Waals surface area contributed by atoms with Crippen molar-refractivity contribution in [2.45, 2.75) is 64.6 Å². The normalized spacial score (nSPS) is 18.1. The van der Waals surface area contributed by atoms with E-state index in [4.69, 9.17) is 16.6 Å². The largest absolute Gasteiger partial charge is 0.390 e. The summed E-state index contributed by atoms with van der Waals surface area (Å²) < 4.78 is 2.86. The number of halogens is 1. The number of carbonyl (C=O) groups is 1. The molecule has 4 aromatic rings. The smallest absolute Gasteiger partial charge is 0.280 e. The molecule has 0 saturated heterocycles. The number of thiazole rings is 1. The molecule has 1 amide bonds. The van der Waals surface area contributed by atoms with E-state index in [1.807, 2.05) is 18.3 Å². The number of aliphatic hydroxyl groups excluding tert-OH is 1. The Bertz CT molecular complexity index is 1380. The molecule has 8 nitrogen and oxygen atoms in total. The maximum absolute atomic E-state index is 12.7. The molecule has 36 heavy (non-hydrogen) atoms. The first kappa shape index (κ1) is 24.8. The summed E-state index contributed by atoms with van der Waals surface area (Å²) in [7, 11) is 0. The van der Waals surface area contributed by atoms with E-state index < -0.39 is 0 Å². The Labute approximate surface area is 218 Å². The standard InChI is InChI=1S/C26H29ClN6O2S/c1-15(2)9-24-32-21-12-28-20(19-8-4-6-17(14-34)30-19)11-22(21)33(24)18-7-3-5-16(10-18)31-25(35)26-29-13-23(27)36-26/h4,6,8,11-13,15-16,18,34H,3,5,7,9-10,14H2,1-2H3,(H,31,35)/t16-,18+/m0/s1. The molecule has 2 atom stereocenters. The van der Waals surface area contributed by atoms with Crippen LogP contribution in [-0.4, -0.2) is 41.6 Å². The van der Waals surface area contributed by atoms with Gasteiger partial charge in [0, 0.05) is 18.5 Å². The lowest BCUT2D eigenvalue weighted by molar-refractivity contribution is 0.0920. The number of aromatic nitrogens is 5. The fourth-order valence-electron chi connectivity index (χ4n) is 4.95.